The van der Waals surface area contributed by atoms with Crippen molar-refractivity contribution >= 4 is 6.03 Å². The van der Waals surface area contributed by atoms with Gasteiger partial charge in [0.05, 0.1) is 5.60 Å². The van der Waals surface area contributed by atoms with Gasteiger partial charge >= 0.3 is 6.03 Å². The van der Waals surface area contributed by atoms with E-state index < -0.39 is 23.2 Å². The molecular formula is C28H45F2N3O3. The highest BCUT2D eigenvalue weighted by atomic mass is 19.2. The first-order valence-corrected chi connectivity index (χ1v) is 13.8. The zero-order valence-corrected chi connectivity index (χ0v) is 22.0. The number of rotatable bonds is 13. The van der Waals surface area contributed by atoms with Crippen molar-refractivity contribution < 1.29 is 23.4 Å². The molecule has 1 aromatic rings. The molecule has 8 heteroatoms. The molecule has 3 N–H and O–H groups in total. The number of unbranched alkanes of at least 4 members (excludes halogenated alkanes) is 1. The van der Waals surface area contributed by atoms with Crippen LogP contribution in [0.1, 0.15) is 76.7 Å². The lowest BCUT2D eigenvalue weighted by atomic mass is 9.74. The maximum Gasteiger partial charge on any atom is 0.317 e. The van der Waals surface area contributed by atoms with Crippen molar-refractivity contribution in [2.24, 2.45) is 11.8 Å². The Bertz CT molecular complexity index is 821. The van der Waals surface area contributed by atoms with Gasteiger partial charge in [0.15, 0.2) is 11.6 Å². The number of amides is 2. The Morgan fingerprint density at radius 3 is 2.72 bits per heavy atom. The van der Waals surface area contributed by atoms with E-state index in [1.54, 1.807) is 4.90 Å². The molecule has 1 aliphatic heterocycles. The van der Waals surface area contributed by atoms with Crippen molar-refractivity contribution in [1.29, 1.82) is 0 Å². The molecule has 0 aromatic heterocycles. The Morgan fingerprint density at radius 1 is 1.22 bits per heavy atom. The van der Waals surface area contributed by atoms with Gasteiger partial charge in [0.2, 0.25) is 0 Å². The van der Waals surface area contributed by atoms with Gasteiger partial charge in [-0.1, -0.05) is 37.8 Å². The third-order valence-electron chi connectivity index (χ3n) is 7.97. The molecule has 1 aromatic carbocycles. The van der Waals surface area contributed by atoms with Crippen LogP contribution in [0.2, 0.25) is 0 Å². The lowest BCUT2D eigenvalue weighted by Crippen LogP contribution is -2.54. The molecule has 0 spiro atoms. The first-order chi connectivity index (χ1) is 17.4. The van der Waals surface area contributed by atoms with Crippen LogP contribution in [0.4, 0.5) is 13.6 Å². The number of nitrogens with one attached hydrogen (secondary N) is 2. The molecule has 6 nitrogen and oxygen atoms in total. The van der Waals surface area contributed by atoms with Crippen LogP contribution in [0.25, 0.3) is 0 Å². The predicted octanol–water partition coefficient (Wildman–Crippen LogP) is 4.95. The normalized spacial score (nSPS) is 21.4. The highest BCUT2D eigenvalue weighted by Crippen LogP contribution is 2.41. The summed E-state index contributed by atoms with van der Waals surface area (Å²) in [5, 5.41) is 18.3. The lowest BCUT2D eigenvalue weighted by molar-refractivity contribution is -0.0593. The van der Waals surface area contributed by atoms with Crippen LogP contribution in [-0.4, -0.2) is 62.0 Å². The molecule has 0 radical (unpaired) electrons. The van der Waals surface area contributed by atoms with Crippen LogP contribution in [0.3, 0.4) is 0 Å². The molecule has 204 valence electrons. The van der Waals surface area contributed by atoms with Crippen molar-refractivity contribution in [2.75, 3.05) is 39.9 Å². The Kier molecular flexibility index (Phi) is 11.4. The Balaban J connectivity index is 1.72. The molecule has 2 amide bonds. The minimum Gasteiger partial charge on any atom is -0.385 e. The minimum absolute atomic E-state index is 0.0135. The molecule has 36 heavy (non-hydrogen) atoms. The van der Waals surface area contributed by atoms with E-state index in [1.165, 1.54) is 37.8 Å². The topological polar surface area (TPSA) is 73.8 Å². The molecule has 1 heterocycles. The van der Waals surface area contributed by atoms with Gasteiger partial charge in [0.25, 0.3) is 0 Å². The second-order valence-electron chi connectivity index (χ2n) is 10.6. The molecule has 0 bridgehead atoms. The van der Waals surface area contributed by atoms with Crippen LogP contribution in [0.15, 0.2) is 18.2 Å². The van der Waals surface area contributed by atoms with Crippen molar-refractivity contribution in [3.63, 3.8) is 0 Å². The van der Waals surface area contributed by atoms with E-state index >= 15 is 0 Å². The van der Waals surface area contributed by atoms with E-state index in [0.717, 1.165) is 18.9 Å². The zero-order valence-electron chi connectivity index (χ0n) is 22.0. The van der Waals surface area contributed by atoms with Crippen molar-refractivity contribution in [1.82, 2.24) is 15.5 Å². The number of hydrogen-bond acceptors (Lipinski definition) is 4. The van der Waals surface area contributed by atoms with Gasteiger partial charge in [-0.05, 0) is 64.5 Å². The number of hydrogen-bond donors (Lipinski definition) is 3. The van der Waals surface area contributed by atoms with E-state index in [1.807, 2.05) is 14.0 Å². The number of piperidine rings is 1. The van der Waals surface area contributed by atoms with Crippen molar-refractivity contribution in [3.05, 3.63) is 35.4 Å². The first-order valence-electron chi connectivity index (χ1n) is 13.8. The maximum absolute atomic E-state index is 14.9. The number of ether oxygens (including phenoxy) is 1. The standard InChI is InChI=1S/C28H45F2N3O3/c1-3-36-17-7-6-15-28(35,24-13-8-14-25(29)26(24)30)22-12-9-16-33(20-22)27(34)32-23(19-31-2)18-21-10-4-5-11-21/h8,13-14,21-23,31,35H,3-7,9-12,15-20H2,1-2H3,(H,32,34). The zero-order chi connectivity index (χ0) is 26.0. The molecule has 2 aliphatic rings. The molecule has 2 fully saturated rings. The van der Waals surface area contributed by atoms with Crippen LogP contribution >= 0.6 is 0 Å². The molecule has 1 saturated carbocycles. The van der Waals surface area contributed by atoms with E-state index in [-0.39, 0.29) is 24.1 Å². The largest absolute Gasteiger partial charge is 0.385 e. The summed E-state index contributed by atoms with van der Waals surface area (Å²) in [6, 6.07) is 3.89. The summed E-state index contributed by atoms with van der Waals surface area (Å²) in [5.74, 6) is -1.71. The van der Waals surface area contributed by atoms with Gasteiger partial charge in [-0.3, -0.25) is 0 Å². The van der Waals surface area contributed by atoms with Crippen LogP contribution in [0.5, 0.6) is 0 Å². The summed E-state index contributed by atoms with van der Waals surface area (Å²) in [6.07, 6.45) is 8.88. The average Bonchev–Trinajstić information content (AvgIpc) is 3.38. The number of urea groups is 1. The quantitative estimate of drug-likeness (QED) is 0.329. The van der Waals surface area contributed by atoms with Gasteiger partial charge in [-0.15, -0.1) is 0 Å². The van der Waals surface area contributed by atoms with Crippen LogP contribution < -0.4 is 10.6 Å². The van der Waals surface area contributed by atoms with Gasteiger partial charge < -0.3 is 25.4 Å². The van der Waals surface area contributed by atoms with Crippen molar-refractivity contribution in [3.8, 4) is 0 Å². The number of likely N-dealkylation sites (N-methyl/N-ethyl adjacent to an activating group) is 1. The highest BCUT2D eigenvalue weighted by molar-refractivity contribution is 5.74. The number of likely N-dealkylation sites (tertiary alicyclic amines) is 1. The second-order valence-corrected chi connectivity index (χ2v) is 10.6. The average molecular weight is 510 g/mol. The number of benzene rings is 1. The van der Waals surface area contributed by atoms with Gasteiger partial charge in [-0.2, -0.15) is 0 Å². The minimum atomic E-state index is -1.56. The fourth-order valence-corrected chi connectivity index (χ4v) is 6.05. The third kappa shape index (κ3) is 7.62. The maximum atomic E-state index is 14.9. The van der Waals surface area contributed by atoms with Gasteiger partial charge in [0.1, 0.15) is 0 Å². The molecule has 3 rings (SSSR count). The smallest absolute Gasteiger partial charge is 0.317 e. The summed E-state index contributed by atoms with van der Waals surface area (Å²) in [6.45, 7) is 4.70. The fourth-order valence-electron chi connectivity index (χ4n) is 6.05. The first kappa shape index (κ1) is 28.8. The summed E-state index contributed by atoms with van der Waals surface area (Å²) in [4.78, 5) is 15.0. The number of aliphatic hydroxyl groups is 1. The summed E-state index contributed by atoms with van der Waals surface area (Å²) >= 11 is 0. The Hall–Kier alpha value is -1.77. The lowest BCUT2D eigenvalue weighted by Gasteiger charge is -2.43. The molecule has 1 aliphatic carbocycles. The third-order valence-corrected chi connectivity index (χ3v) is 7.97. The number of halogens is 2. The Morgan fingerprint density at radius 2 is 2.00 bits per heavy atom. The predicted molar refractivity (Wildman–Crippen MR) is 138 cm³/mol. The summed E-state index contributed by atoms with van der Waals surface area (Å²) in [5.41, 5.74) is -1.58. The SMILES string of the molecule is CCOCCCCC(O)(c1cccc(F)c1F)C1CCCN(C(=O)NC(CNC)CC2CCCC2)C1. The van der Waals surface area contributed by atoms with E-state index in [0.29, 0.717) is 58.0 Å². The van der Waals surface area contributed by atoms with Gasteiger partial charge in [0, 0.05) is 50.4 Å². The molecular weight excluding hydrogens is 464 g/mol. The number of nitrogens with zero attached hydrogens (tertiary/aromatic N) is 1. The molecule has 1 saturated heterocycles. The van der Waals surface area contributed by atoms with E-state index in [4.69, 9.17) is 4.74 Å². The second kappa shape index (κ2) is 14.2. The Labute approximate surface area is 215 Å². The van der Waals surface area contributed by atoms with E-state index in [9.17, 15) is 18.7 Å². The monoisotopic (exact) mass is 509 g/mol. The molecule has 3 unspecified atom stereocenters. The molecule has 3 atom stereocenters. The fraction of sp³-hybridized carbons (Fsp3) is 0.750. The van der Waals surface area contributed by atoms with Crippen LogP contribution in [0, 0.1) is 23.5 Å². The number of carbonyl (C=O) groups is 1. The van der Waals surface area contributed by atoms with Crippen molar-refractivity contribution in [2.45, 2.75) is 82.8 Å². The number of carbonyl (C=O) groups excluding carboxylic acids is 1. The van der Waals surface area contributed by atoms with E-state index in [2.05, 4.69) is 10.6 Å². The van der Waals surface area contributed by atoms with Gasteiger partial charge in [-0.25, -0.2) is 13.6 Å². The summed E-state index contributed by atoms with van der Waals surface area (Å²) < 4.78 is 34.5. The van der Waals surface area contributed by atoms with Crippen LogP contribution in [-0.2, 0) is 10.3 Å². The summed E-state index contributed by atoms with van der Waals surface area (Å²) in [7, 11) is 1.89. The highest BCUT2D eigenvalue weighted by Gasteiger charge is 2.43.